The van der Waals surface area contributed by atoms with Crippen molar-refractivity contribution in [2.75, 3.05) is 13.2 Å². The molecule has 0 aliphatic rings. The molecule has 1 aromatic rings. The Kier molecular flexibility index (Phi) is 6.02. The van der Waals surface area contributed by atoms with E-state index in [1.54, 1.807) is 0 Å². The minimum atomic E-state index is -0.161. The van der Waals surface area contributed by atoms with Gasteiger partial charge >= 0.3 is 0 Å². The van der Waals surface area contributed by atoms with E-state index in [4.69, 9.17) is 4.74 Å². The number of aryl methyl sites for hydroxylation is 1. The van der Waals surface area contributed by atoms with Crippen molar-refractivity contribution < 1.29 is 4.74 Å². The van der Waals surface area contributed by atoms with Gasteiger partial charge in [0, 0.05) is 25.0 Å². The van der Waals surface area contributed by atoms with Gasteiger partial charge in [0.15, 0.2) is 0 Å². The molecule has 0 atom stereocenters. The molecule has 0 saturated heterocycles. The first-order chi connectivity index (χ1) is 8.93. The zero-order valence-electron chi connectivity index (χ0n) is 12.6. The molecule has 1 rings (SSSR count). The van der Waals surface area contributed by atoms with E-state index in [9.17, 15) is 4.79 Å². The topological polar surface area (TPSA) is 58.2 Å². The Balaban J connectivity index is 2.57. The molecule has 19 heavy (non-hydrogen) atoms. The Hall–Kier alpha value is -1.36. The summed E-state index contributed by atoms with van der Waals surface area (Å²) in [5.74, 6) is 1.07. The van der Waals surface area contributed by atoms with Gasteiger partial charge in [-0.15, -0.1) is 0 Å². The lowest BCUT2D eigenvalue weighted by Crippen LogP contribution is -2.39. The Labute approximate surface area is 115 Å². The predicted molar refractivity (Wildman–Crippen MR) is 76.7 cm³/mol. The van der Waals surface area contributed by atoms with E-state index in [1.165, 1.54) is 6.07 Å². The summed E-state index contributed by atoms with van der Waals surface area (Å²) in [5, 5.41) is 0. The molecule has 1 N–H and O–H groups in total. The minimum Gasteiger partial charge on any atom is -0.476 e. The van der Waals surface area contributed by atoms with Gasteiger partial charge in [-0.3, -0.25) is 9.69 Å². The van der Waals surface area contributed by atoms with E-state index in [2.05, 4.69) is 42.6 Å². The normalized spacial score (nSPS) is 11.6. The van der Waals surface area contributed by atoms with Crippen molar-refractivity contribution in [3.05, 3.63) is 22.2 Å². The minimum absolute atomic E-state index is 0.161. The van der Waals surface area contributed by atoms with Crippen molar-refractivity contribution in [1.82, 2.24) is 14.9 Å². The summed E-state index contributed by atoms with van der Waals surface area (Å²) in [5.41, 5.74) is -0.161. The van der Waals surface area contributed by atoms with Crippen LogP contribution < -0.4 is 10.3 Å². The Morgan fingerprint density at radius 1 is 1.32 bits per heavy atom. The first kappa shape index (κ1) is 15.7. The van der Waals surface area contributed by atoms with E-state index in [-0.39, 0.29) is 5.56 Å². The number of aromatic nitrogens is 2. The fourth-order valence-corrected chi connectivity index (χ4v) is 2.09. The van der Waals surface area contributed by atoms with Gasteiger partial charge in [0.25, 0.3) is 5.56 Å². The molecule has 108 valence electrons. The van der Waals surface area contributed by atoms with Crippen LogP contribution in [0.2, 0.25) is 0 Å². The van der Waals surface area contributed by atoms with Crippen LogP contribution in [0, 0.1) is 0 Å². The van der Waals surface area contributed by atoms with Gasteiger partial charge in [-0.25, -0.2) is 4.98 Å². The fraction of sp³-hybridized carbons (Fsp3) is 0.714. The molecule has 0 spiro atoms. The summed E-state index contributed by atoms with van der Waals surface area (Å²) in [7, 11) is 0. The predicted octanol–water partition coefficient (Wildman–Crippen LogP) is 1.83. The van der Waals surface area contributed by atoms with Gasteiger partial charge in [0.05, 0.1) is 6.07 Å². The maximum atomic E-state index is 11.4. The van der Waals surface area contributed by atoms with Gasteiger partial charge < -0.3 is 9.72 Å². The van der Waals surface area contributed by atoms with Gasteiger partial charge in [0.1, 0.15) is 12.4 Å². The van der Waals surface area contributed by atoms with Crippen LogP contribution in [0.1, 0.15) is 40.4 Å². The van der Waals surface area contributed by atoms with Crippen molar-refractivity contribution in [2.24, 2.45) is 0 Å². The summed E-state index contributed by atoms with van der Waals surface area (Å²) in [4.78, 5) is 20.7. The summed E-state index contributed by atoms with van der Waals surface area (Å²) < 4.78 is 5.59. The maximum absolute atomic E-state index is 11.4. The summed E-state index contributed by atoms with van der Waals surface area (Å²) in [6.45, 7) is 12.0. The smallest absolute Gasteiger partial charge is 0.254 e. The van der Waals surface area contributed by atoms with Crippen LogP contribution in [0.3, 0.4) is 0 Å². The highest BCUT2D eigenvalue weighted by Gasteiger charge is 2.13. The molecule has 0 radical (unpaired) electrons. The van der Waals surface area contributed by atoms with Crippen LogP contribution in [0.25, 0.3) is 0 Å². The van der Waals surface area contributed by atoms with E-state index < -0.39 is 0 Å². The van der Waals surface area contributed by atoms with Gasteiger partial charge in [-0.05, 0) is 27.7 Å². The molecule has 5 heteroatoms. The van der Waals surface area contributed by atoms with Gasteiger partial charge in [-0.2, -0.15) is 0 Å². The van der Waals surface area contributed by atoms with Crippen LogP contribution in [0.5, 0.6) is 5.88 Å². The molecule has 0 amide bonds. The highest BCUT2D eigenvalue weighted by molar-refractivity contribution is 5.08. The van der Waals surface area contributed by atoms with Crippen LogP contribution >= 0.6 is 0 Å². The number of ether oxygens (including phenoxy) is 1. The van der Waals surface area contributed by atoms with Crippen LogP contribution in [0.4, 0.5) is 0 Å². The average Bonchev–Trinajstić information content (AvgIpc) is 2.32. The molecule has 0 aliphatic heterocycles. The lowest BCUT2D eigenvalue weighted by molar-refractivity contribution is 0.140. The zero-order chi connectivity index (χ0) is 14.4. The average molecular weight is 267 g/mol. The van der Waals surface area contributed by atoms with Crippen LogP contribution in [-0.4, -0.2) is 40.1 Å². The SMILES string of the molecule is CCc1nc(OCCN(C(C)C)C(C)C)cc(=O)[nH]1. The first-order valence-corrected chi connectivity index (χ1v) is 6.92. The molecule has 0 aromatic carbocycles. The quantitative estimate of drug-likeness (QED) is 0.819. The van der Waals surface area contributed by atoms with Crippen molar-refractivity contribution >= 4 is 0 Å². The molecule has 0 bridgehead atoms. The lowest BCUT2D eigenvalue weighted by Gasteiger charge is -2.30. The Bertz CT molecular complexity index is 433. The monoisotopic (exact) mass is 267 g/mol. The van der Waals surface area contributed by atoms with Gasteiger partial charge in [-0.1, -0.05) is 6.92 Å². The van der Waals surface area contributed by atoms with E-state index >= 15 is 0 Å². The van der Waals surface area contributed by atoms with Crippen LogP contribution in [0.15, 0.2) is 10.9 Å². The second kappa shape index (κ2) is 7.28. The van der Waals surface area contributed by atoms with E-state index in [1.807, 2.05) is 6.92 Å². The second-order valence-corrected chi connectivity index (χ2v) is 5.16. The number of rotatable bonds is 7. The number of hydrogen-bond donors (Lipinski definition) is 1. The third-order valence-electron chi connectivity index (χ3n) is 3.03. The highest BCUT2D eigenvalue weighted by atomic mass is 16.5. The maximum Gasteiger partial charge on any atom is 0.254 e. The van der Waals surface area contributed by atoms with Crippen molar-refractivity contribution in [1.29, 1.82) is 0 Å². The molecule has 1 aromatic heterocycles. The third-order valence-corrected chi connectivity index (χ3v) is 3.03. The summed E-state index contributed by atoms with van der Waals surface area (Å²) in [6, 6.07) is 2.35. The van der Waals surface area contributed by atoms with Gasteiger partial charge in [0.2, 0.25) is 5.88 Å². The Morgan fingerprint density at radius 3 is 2.47 bits per heavy atom. The summed E-state index contributed by atoms with van der Waals surface area (Å²) in [6.07, 6.45) is 0.691. The molecule has 0 unspecified atom stereocenters. The zero-order valence-corrected chi connectivity index (χ0v) is 12.6. The number of nitrogens with zero attached hydrogens (tertiary/aromatic N) is 2. The number of aromatic amines is 1. The number of H-pyrrole nitrogens is 1. The van der Waals surface area contributed by atoms with Crippen LogP contribution in [-0.2, 0) is 6.42 Å². The van der Waals surface area contributed by atoms with E-state index in [0.29, 0.717) is 36.8 Å². The van der Waals surface area contributed by atoms with Crippen molar-refractivity contribution in [3.8, 4) is 5.88 Å². The molecule has 5 nitrogen and oxygen atoms in total. The van der Waals surface area contributed by atoms with Crippen molar-refractivity contribution in [3.63, 3.8) is 0 Å². The Morgan fingerprint density at radius 2 is 1.95 bits per heavy atom. The first-order valence-electron chi connectivity index (χ1n) is 6.92. The van der Waals surface area contributed by atoms with Crippen molar-refractivity contribution in [2.45, 2.75) is 53.1 Å². The molecule has 0 fully saturated rings. The largest absolute Gasteiger partial charge is 0.476 e. The summed E-state index contributed by atoms with van der Waals surface area (Å²) >= 11 is 0. The molecule has 0 aliphatic carbocycles. The fourth-order valence-electron chi connectivity index (χ4n) is 2.09. The molecule has 1 heterocycles. The molecular weight excluding hydrogens is 242 g/mol. The highest BCUT2D eigenvalue weighted by Crippen LogP contribution is 2.06. The molecular formula is C14H25N3O2. The number of hydrogen-bond acceptors (Lipinski definition) is 4. The molecule has 0 saturated carbocycles. The lowest BCUT2D eigenvalue weighted by atomic mass is 10.2. The second-order valence-electron chi connectivity index (χ2n) is 5.16. The third kappa shape index (κ3) is 5.03. The number of nitrogens with one attached hydrogen (secondary N) is 1. The standard InChI is InChI=1S/C14H25N3O2/c1-6-12-15-13(18)9-14(16-12)19-8-7-17(10(2)3)11(4)5/h9-11H,6-8H2,1-5H3,(H,15,16,18). The van der Waals surface area contributed by atoms with E-state index in [0.717, 1.165) is 6.54 Å².